The van der Waals surface area contributed by atoms with Crippen LogP contribution in [0.2, 0.25) is 0 Å². The van der Waals surface area contributed by atoms with Gasteiger partial charge in [0.1, 0.15) is 5.69 Å². The van der Waals surface area contributed by atoms with Gasteiger partial charge in [-0.1, -0.05) is 0 Å². The van der Waals surface area contributed by atoms with Crippen LogP contribution in [0.25, 0.3) is 0 Å². The minimum Gasteiger partial charge on any atom is -0.380 e. The van der Waals surface area contributed by atoms with E-state index in [1.807, 2.05) is 13.8 Å². The van der Waals surface area contributed by atoms with E-state index in [-0.39, 0.29) is 22.8 Å². The Morgan fingerprint density at radius 1 is 1.48 bits per heavy atom. The van der Waals surface area contributed by atoms with Gasteiger partial charge in [-0.25, -0.2) is 0 Å². The van der Waals surface area contributed by atoms with Gasteiger partial charge in [-0.05, 0) is 26.0 Å². The molecule has 0 saturated carbocycles. The van der Waals surface area contributed by atoms with Crippen molar-refractivity contribution >= 4 is 17.3 Å². The molecule has 0 atom stereocenters. The second-order valence-corrected chi connectivity index (χ2v) is 4.22. The number of carbonyl (C=O) groups excluding carboxylic acids is 1. The van der Waals surface area contributed by atoms with Gasteiger partial charge >= 0.3 is 0 Å². The van der Waals surface area contributed by atoms with E-state index >= 15 is 0 Å². The first-order chi connectivity index (χ1) is 10.0. The van der Waals surface area contributed by atoms with Crippen LogP contribution in [0, 0.1) is 10.1 Å². The summed E-state index contributed by atoms with van der Waals surface area (Å²) in [6.45, 7) is 5.66. The molecule has 0 unspecified atom stereocenters. The van der Waals surface area contributed by atoms with E-state index < -0.39 is 4.92 Å². The molecule has 8 heteroatoms. The molecule has 0 aliphatic rings. The molecule has 8 nitrogen and oxygen atoms in total. The molecule has 0 heterocycles. The van der Waals surface area contributed by atoms with Crippen LogP contribution in [-0.4, -0.2) is 42.0 Å². The highest BCUT2D eigenvalue weighted by molar-refractivity contribution is 5.95. The van der Waals surface area contributed by atoms with Crippen LogP contribution in [0.15, 0.2) is 18.2 Å². The Hall–Kier alpha value is -2.19. The van der Waals surface area contributed by atoms with Crippen LogP contribution in [0.4, 0.5) is 11.4 Å². The number of nitrogens with two attached hydrogens (primary N) is 1. The summed E-state index contributed by atoms with van der Waals surface area (Å²) in [5, 5.41) is 11.0. The zero-order valence-electron chi connectivity index (χ0n) is 12.2. The summed E-state index contributed by atoms with van der Waals surface area (Å²) < 4.78 is 5.22. The molecule has 1 aromatic rings. The minimum atomic E-state index is -0.581. The number of rotatable bonds is 8. The summed E-state index contributed by atoms with van der Waals surface area (Å²) >= 11 is 0. The molecule has 0 spiro atoms. The number of nitrogens with one attached hydrogen (secondary N) is 1. The molecule has 3 N–H and O–H groups in total. The molecule has 0 aliphatic heterocycles. The Morgan fingerprint density at radius 3 is 2.71 bits per heavy atom. The Labute approximate surface area is 123 Å². The van der Waals surface area contributed by atoms with Gasteiger partial charge in [0.05, 0.1) is 11.5 Å². The number of anilines is 1. The Balaban J connectivity index is 2.95. The molecule has 116 valence electrons. The van der Waals surface area contributed by atoms with E-state index in [0.717, 1.165) is 0 Å². The molecule has 0 bridgehead atoms. The summed E-state index contributed by atoms with van der Waals surface area (Å²) in [5.41, 5.74) is 2.42. The monoisotopic (exact) mass is 296 g/mol. The van der Waals surface area contributed by atoms with Crippen molar-refractivity contribution in [2.75, 3.05) is 31.7 Å². The van der Waals surface area contributed by atoms with Gasteiger partial charge < -0.3 is 15.1 Å². The van der Waals surface area contributed by atoms with Gasteiger partial charge in [-0.15, -0.1) is 0 Å². The van der Waals surface area contributed by atoms with E-state index in [0.29, 0.717) is 26.3 Å². The number of carbonyl (C=O) groups is 1. The maximum Gasteiger partial charge on any atom is 0.294 e. The predicted octanol–water partition coefficient (Wildman–Crippen LogP) is 1.38. The maximum atomic E-state index is 12.3. The van der Waals surface area contributed by atoms with Gasteiger partial charge in [-0.3, -0.25) is 20.8 Å². The fourth-order valence-electron chi connectivity index (χ4n) is 1.84. The van der Waals surface area contributed by atoms with Crippen molar-refractivity contribution in [3.05, 3.63) is 33.9 Å². The third kappa shape index (κ3) is 4.40. The lowest BCUT2D eigenvalue weighted by Gasteiger charge is -2.20. The number of nitrogen functional groups attached to an aromatic ring is 1. The quantitative estimate of drug-likeness (QED) is 0.324. The molecule has 1 amide bonds. The number of amides is 1. The fraction of sp³-hybridized carbons (Fsp3) is 0.462. The summed E-state index contributed by atoms with van der Waals surface area (Å²) in [7, 11) is 0. The first-order valence-corrected chi connectivity index (χ1v) is 6.67. The topological polar surface area (TPSA) is 111 Å². The smallest absolute Gasteiger partial charge is 0.294 e. The first kappa shape index (κ1) is 16.9. The number of benzene rings is 1. The molecule has 0 aromatic heterocycles. The number of hydrazine groups is 1. The van der Waals surface area contributed by atoms with Crippen molar-refractivity contribution in [2.24, 2.45) is 5.84 Å². The van der Waals surface area contributed by atoms with Crippen molar-refractivity contribution < 1.29 is 14.5 Å². The number of likely N-dealkylation sites (N-methyl/N-ethyl adjacent to an activating group) is 1. The molecule has 1 rings (SSSR count). The van der Waals surface area contributed by atoms with Crippen LogP contribution in [0.1, 0.15) is 24.2 Å². The fourth-order valence-corrected chi connectivity index (χ4v) is 1.84. The standard InChI is InChI=1S/C13H20N4O4/c1-3-16(7-8-21-4-2)13(18)10-5-6-11(15-14)12(9-10)17(19)20/h5-6,9,15H,3-4,7-8,14H2,1-2H3. The zero-order valence-corrected chi connectivity index (χ0v) is 12.2. The number of hydrogen-bond acceptors (Lipinski definition) is 6. The van der Waals surface area contributed by atoms with Crippen LogP contribution < -0.4 is 11.3 Å². The zero-order chi connectivity index (χ0) is 15.8. The van der Waals surface area contributed by atoms with E-state index in [1.54, 1.807) is 4.90 Å². The number of nitrogens with zero attached hydrogens (tertiary/aromatic N) is 2. The molecule has 0 saturated heterocycles. The van der Waals surface area contributed by atoms with E-state index in [9.17, 15) is 14.9 Å². The van der Waals surface area contributed by atoms with Gasteiger partial charge in [0, 0.05) is 31.3 Å². The average molecular weight is 296 g/mol. The molecule has 0 fully saturated rings. The van der Waals surface area contributed by atoms with E-state index in [2.05, 4.69) is 5.43 Å². The third-order valence-corrected chi connectivity index (χ3v) is 2.98. The SMILES string of the molecule is CCOCCN(CC)C(=O)c1ccc(NN)c([N+](=O)[O-])c1. The van der Waals surface area contributed by atoms with Crippen molar-refractivity contribution in [3.8, 4) is 0 Å². The number of hydrogen-bond donors (Lipinski definition) is 2. The molecule has 0 radical (unpaired) electrons. The van der Waals surface area contributed by atoms with Gasteiger partial charge in [0.15, 0.2) is 0 Å². The van der Waals surface area contributed by atoms with Gasteiger partial charge in [0.2, 0.25) is 0 Å². The molecule has 1 aromatic carbocycles. The largest absolute Gasteiger partial charge is 0.380 e. The van der Waals surface area contributed by atoms with Crippen LogP contribution in [0.3, 0.4) is 0 Å². The second-order valence-electron chi connectivity index (χ2n) is 4.22. The Kier molecular flexibility index (Phi) is 6.57. The minimum absolute atomic E-state index is 0.161. The number of ether oxygens (including phenoxy) is 1. The second kappa shape index (κ2) is 8.18. The highest BCUT2D eigenvalue weighted by Crippen LogP contribution is 2.25. The summed E-state index contributed by atoms with van der Waals surface area (Å²) in [5.74, 6) is 4.94. The predicted molar refractivity (Wildman–Crippen MR) is 79.0 cm³/mol. The lowest BCUT2D eigenvalue weighted by atomic mass is 10.1. The van der Waals surface area contributed by atoms with E-state index in [4.69, 9.17) is 10.6 Å². The summed E-state index contributed by atoms with van der Waals surface area (Å²) in [6.07, 6.45) is 0. The molecule has 0 aliphatic carbocycles. The molecular weight excluding hydrogens is 276 g/mol. The van der Waals surface area contributed by atoms with Crippen LogP contribution in [0.5, 0.6) is 0 Å². The highest BCUT2D eigenvalue weighted by atomic mass is 16.6. The van der Waals surface area contributed by atoms with Crippen LogP contribution in [-0.2, 0) is 4.74 Å². The molecular formula is C13H20N4O4. The average Bonchev–Trinajstić information content (AvgIpc) is 2.50. The Morgan fingerprint density at radius 2 is 2.19 bits per heavy atom. The van der Waals surface area contributed by atoms with Crippen molar-refractivity contribution in [3.63, 3.8) is 0 Å². The van der Waals surface area contributed by atoms with Crippen molar-refractivity contribution in [2.45, 2.75) is 13.8 Å². The lowest BCUT2D eigenvalue weighted by molar-refractivity contribution is -0.384. The maximum absolute atomic E-state index is 12.3. The van der Waals surface area contributed by atoms with E-state index in [1.165, 1.54) is 18.2 Å². The third-order valence-electron chi connectivity index (χ3n) is 2.98. The van der Waals surface area contributed by atoms with Gasteiger partial charge in [0.25, 0.3) is 11.6 Å². The van der Waals surface area contributed by atoms with Crippen LogP contribution >= 0.6 is 0 Å². The summed E-state index contributed by atoms with van der Waals surface area (Å²) in [4.78, 5) is 24.3. The Bertz CT molecular complexity index is 507. The summed E-state index contributed by atoms with van der Waals surface area (Å²) in [6, 6.07) is 4.15. The lowest BCUT2D eigenvalue weighted by Crippen LogP contribution is -2.34. The highest BCUT2D eigenvalue weighted by Gasteiger charge is 2.20. The number of nitro benzene ring substituents is 1. The van der Waals surface area contributed by atoms with Crippen molar-refractivity contribution in [1.29, 1.82) is 0 Å². The van der Waals surface area contributed by atoms with Crippen molar-refractivity contribution in [1.82, 2.24) is 4.90 Å². The molecule has 21 heavy (non-hydrogen) atoms. The number of nitro groups is 1. The normalized spacial score (nSPS) is 10.2. The first-order valence-electron chi connectivity index (χ1n) is 6.67. The van der Waals surface area contributed by atoms with Gasteiger partial charge in [-0.2, -0.15) is 0 Å².